The van der Waals surface area contributed by atoms with Gasteiger partial charge < -0.3 is 20.1 Å². The van der Waals surface area contributed by atoms with Crippen molar-refractivity contribution in [2.45, 2.75) is 12.8 Å². The third-order valence-electron chi connectivity index (χ3n) is 4.27. The summed E-state index contributed by atoms with van der Waals surface area (Å²) in [5, 5.41) is 5.42. The molecule has 172 valence electrons. The van der Waals surface area contributed by atoms with Gasteiger partial charge in [0.2, 0.25) is 0 Å². The zero-order valence-electron chi connectivity index (χ0n) is 17.4. The van der Waals surface area contributed by atoms with Crippen LogP contribution in [0.5, 0.6) is 5.75 Å². The van der Waals surface area contributed by atoms with E-state index in [0.29, 0.717) is 28.3 Å². The average Bonchev–Trinajstić information content (AvgIpc) is 2.78. The first-order chi connectivity index (χ1) is 15.8. The first-order valence-corrected chi connectivity index (χ1v) is 9.91. The second kappa shape index (κ2) is 11.1. The molecule has 0 aromatic heterocycles. The number of alkyl halides is 3. The van der Waals surface area contributed by atoms with E-state index in [1.54, 1.807) is 48.5 Å². The van der Waals surface area contributed by atoms with Crippen molar-refractivity contribution in [3.63, 3.8) is 0 Å². The van der Waals surface area contributed by atoms with Crippen LogP contribution in [0.15, 0.2) is 78.9 Å². The molecule has 0 aliphatic rings. The van der Waals surface area contributed by atoms with Gasteiger partial charge in [0.25, 0.3) is 11.8 Å². The van der Waals surface area contributed by atoms with Crippen LogP contribution in [0.3, 0.4) is 0 Å². The van der Waals surface area contributed by atoms with E-state index in [0.717, 1.165) is 0 Å². The number of hydrogen-bond acceptors (Lipinski definition) is 4. The van der Waals surface area contributed by atoms with Crippen molar-refractivity contribution in [2.75, 3.05) is 23.8 Å². The van der Waals surface area contributed by atoms with E-state index in [4.69, 9.17) is 4.74 Å². The number of nitrogens with one attached hydrogen (secondary N) is 2. The molecule has 33 heavy (non-hydrogen) atoms. The molecule has 0 fully saturated rings. The largest absolute Gasteiger partial charge is 0.484 e. The van der Waals surface area contributed by atoms with Gasteiger partial charge in [-0.05, 0) is 42.0 Å². The van der Waals surface area contributed by atoms with Gasteiger partial charge in [-0.2, -0.15) is 13.2 Å². The Morgan fingerprint density at radius 1 is 0.818 bits per heavy atom. The van der Waals surface area contributed by atoms with Crippen LogP contribution in [0.25, 0.3) is 0 Å². The Labute approximate surface area is 188 Å². The van der Waals surface area contributed by atoms with Crippen molar-refractivity contribution >= 4 is 23.2 Å². The maximum absolute atomic E-state index is 12.5. The SMILES string of the molecule is O=C(COc1cccc(NC(=O)c2ccc(COCC(F)(F)F)cc2)c1)Nc1ccccc1. The summed E-state index contributed by atoms with van der Waals surface area (Å²) >= 11 is 0. The molecule has 0 atom stereocenters. The molecule has 0 unspecified atom stereocenters. The van der Waals surface area contributed by atoms with Crippen molar-refractivity contribution in [1.29, 1.82) is 0 Å². The minimum atomic E-state index is -4.39. The lowest BCUT2D eigenvalue weighted by Gasteiger charge is -2.10. The van der Waals surface area contributed by atoms with Gasteiger partial charge in [-0.15, -0.1) is 0 Å². The summed E-state index contributed by atoms with van der Waals surface area (Å²) in [6, 6.07) is 21.6. The Morgan fingerprint density at radius 3 is 2.21 bits per heavy atom. The van der Waals surface area contributed by atoms with Crippen LogP contribution in [0.1, 0.15) is 15.9 Å². The number of halogens is 3. The number of amides is 2. The number of anilines is 2. The molecule has 0 aliphatic carbocycles. The van der Waals surface area contributed by atoms with Gasteiger partial charge in [0.05, 0.1) is 6.61 Å². The molecule has 3 aromatic rings. The van der Waals surface area contributed by atoms with E-state index in [2.05, 4.69) is 15.4 Å². The minimum Gasteiger partial charge on any atom is -0.484 e. The molecule has 0 heterocycles. The third kappa shape index (κ3) is 8.30. The summed E-state index contributed by atoms with van der Waals surface area (Å²) in [6.07, 6.45) is -4.39. The predicted octanol–water partition coefficient (Wildman–Crippen LogP) is 5.04. The van der Waals surface area contributed by atoms with Crippen LogP contribution < -0.4 is 15.4 Å². The summed E-state index contributed by atoms with van der Waals surface area (Å²) in [6.45, 7) is -1.75. The molecular weight excluding hydrogens is 437 g/mol. The van der Waals surface area contributed by atoms with Crippen molar-refractivity contribution in [1.82, 2.24) is 0 Å². The average molecular weight is 458 g/mol. The monoisotopic (exact) mass is 458 g/mol. The van der Waals surface area contributed by atoms with Crippen LogP contribution in [-0.2, 0) is 16.1 Å². The lowest BCUT2D eigenvalue weighted by atomic mass is 10.1. The first-order valence-electron chi connectivity index (χ1n) is 9.91. The topological polar surface area (TPSA) is 76.7 Å². The van der Waals surface area contributed by atoms with Crippen molar-refractivity contribution in [3.8, 4) is 5.75 Å². The van der Waals surface area contributed by atoms with E-state index in [1.807, 2.05) is 6.07 Å². The molecule has 0 spiro atoms. The van der Waals surface area contributed by atoms with Crippen LogP contribution in [0.4, 0.5) is 24.5 Å². The van der Waals surface area contributed by atoms with Crippen LogP contribution in [0.2, 0.25) is 0 Å². The Balaban J connectivity index is 1.50. The first kappa shape index (κ1) is 23.8. The maximum atomic E-state index is 12.5. The zero-order valence-corrected chi connectivity index (χ0v) is 17.4. The molecule has 0 saturated carbocycles. The quantitative estimate of drug-likeness (QED) is 0.471. The molecule has 0 bridgehead atoms. The van der Waals surface area contributed by atoms with E-state index >= 15 is 0 Å². The fourth-order valence-corrected chi connectivity index (χ4v) is 2.77. The Hall–Kier alpha value is -3.85. The number of carbonyl (C=O) groups is 2. The molecule has 0 radical (unpaired) electrons. The number of rotatable bonds is 9. The molecular formula is C24H21F3N2O4. The summed E-state index contributed by atoms with van der Waals surface area (Å²) in [4.78, 5) is 24.5. The van der Waals surface area contributed by atoms with Crippen LogP contribution in [-0.4, -0.2) is 31.2 Å². The summed E-state index contributed by atoms with van der Waals surface area (Å²) in [5.74, 6) is -0.333. The minimum absolute atomic E-state index is 0.204. The highest BCUT2D eigenvalue weighted by atomic mass is 19.4. The van der Waals surface area contributed by atoms with Crippen LogP contribution in [0, 0.1) is 0 Å². The third-order valence-corrected chi connectivity index (χ3v) is 4.27. The predicted molar refractivity (Wildman–Crippen MR) is 117 cm³/mol. The van der Waals surface area contributed by atoms with E-state index < -0.39 is 18.7 Å². The molecule has 0 saturated heterocycles. The maximum Gasteiger partial charge on any atom is 0.411 e. The molecule has 9 heteroatoms. The second-order valence-electron chi connectivity index (χ2n) is 6.99. The number of benzene rings is 3. The van der Waals surface area contributed by atoms with Gasteiger partial charge in [-0.3, -0.25) is 9.59 Å². The van der Waals surface area contributed by atoms with E-state index in [9.17, 15) is 22.8 Å². The fourth-order valence-electron chi connectivity index (χ4n) is 2.77. The summed E-state index contributed by atoms with van der Waals surface area (Å²) in [5.41, 5.74) is 1.95. The van der Waals surface area contributed by atoms with E-state index in [-0.39, 0.29) is 19.1 Å². The summed E-state index contributed by atoms with van der Waals surface area (Å²) in [7, 11) is 0. The van der Waals surface area contributed by atoms with Crippen LogP contribution >= 0.6 is 0 Å². The molecule has 3 rings (SSSR count). The summed E-state index contributed by atoms with van der Waals surface area (Å²) < 4.78 is 46.5. The van der Waals surface area contributed by atoms with Gasteiger partial charge in [-0.1, -0.05) is 36.4 Å². The van der Waals surface area contributed by atoms with Gasteiger partial charge in [-0.25, -0.2) is 0 Å². The Morgan fingerprint density at radius 2 is 1.52 bits per heavy atom. The smallest absolute Gasteiger partial charge is 0.411 e. The highest BCUT2D eigenvalue weighted by Crippen LogP contribution is 2.19. The number of ether oxygens (including phenoxy) is 2. The number of carbonyl (C=O) groups excluding carboxylic acids is 2. The van der Waals surface area contributed by atoms with Gasteiger partial charge in [0.15, 0.2) is 6.61 Å². The van der Waals surface area contributed by atoms with Crippen molar-refractivity contribution in [2.24, 2.45) is 0 Å². The second-order valence-corrected chi connectivity index (χ2v) is 6.99. The molecule has 3 aromatic carbocycles. The fraction of sp³-hybridized carbons (Fsp3) is 0.167. The zero-order chi connectivity index (χ0) is 23.7. The normalized spacial score (nSPS) is 11.0. The molecule has 6 nitrogen and oxygen atoms in total. The highest BCUT2D eigenvalue weighted by molar-refractivity contribution is 6.04. The molecule has 2 N–H and O–H groups in total. The standard InChI is InChI=1S/C24H21F3N2O4/c25-24(26,27)16-32-14-17-9-11-18(12-10-17)23(31)29-20-7-4-8-21(13-20)33-15-22(30)28-19-5-2-1-3-6-19/h1-13H,14-16H2,(H,28,30)(H,29,31). The van der Waals surface area contributed by atoms with Gasteiger partial charge in [0, 0.05) is 23.0 Å². The number of hydrogen-bond donors (Lipinski definition) is 2. The molecule has 2 amide bonds. The van der Waals surface area contributed by atoms with Gasteiger partial charge >= 0.3 is 6.18 Å². The van der Waals surface area contributed by atoms with Crippen molar-refractivity contribution in [3.05, 3.63) is 90.0 Å². The molecule has 0 aliphatic heterocycles. The van der Waals surface area contributed by atoms with Crippen molar-refractivity contribution < 1.29 is 32.2 Å². The van der Waals surface area contributed by atoms with E-state index in [1.165, 1.54) is 24.3 Å². The Kier molecular flexibility index (Phi) is 8.04. The Bertz CT molecular complexity index is 1070. The lowest BCUT2D eigenvalue weighted by Crippen LogP contribution is -2.20. The van der Waals surface area contributed by atoms with Gasteiger partial charge in [0.1, 0.15) is 12.4 Å². The number of para-hydroxylation sites is 1. The lowest BCUT2D eigenvalue weighted by molar-refractivity contribution is -0.176. The highest BCUT2D eigenvalue weighted by Gasteiger charge is 2.27.